The second-order valence-corrected chi connectivity index (χ2v) is 6.21. The normalized spacial score (nSPS) is 23.4. The second-order valence-electron chi connectivity index (χ2n) is 6.21. The van der Waals surface area contributed by atoms with E-state index in [1.807, 2.05) is 10.8 Å². The average Bonchev–Trinajstić information content (AvgIpc) is 3.18. The summed E-state index contributed by atoms with van der Waals surface area (Å²) < 4.78 is 15.6. The Morgan fingerprint density at radius 2 is 2.25 bits per heavy atom. The molecule has 1 aromatic heterocycles. The molecule has 1 unspecified atom stereocenters. The topological polar surface area (TPSA) is 87.4 Å². The van der Waals surface area contributed by atoms with Crippen LogP contribution in [0.25, 0.3) is 0 Å². The van der Waals surface area contributed by atoms with Crippen molar-refractivity contribution >= 4 is 5.91 Å². The summed E-state index contributed by atoms with van der Waals surface area (Å²) in [5.41, 5.74) is 0.322. The Hall–Kier alpha value is -2.25. The van der Waals surface area contributed by atoms with E-state index in [1.165, 1.54) is 12.1 Å². The number of rotatable bonds is 5. The number of benzene rings is 1. The van der Waals surface area contributed by atoms with Crippen LogP contribution in [0.5, 0.6) is 0 Å². The number of nitrogens with one attached hydrogen (secondary N) is 1. The third-order valence-electron chi connectivity index (χ3n) is 4.46. The maximum absolute atomic E-state index is 13.7. The highest BCUT2D eigenvalue weighted by atomic mass is 19.1. The molecular weight excluding hydrogens is 313 g/mol. The zero-order valence-corrected chi connectivity index (χ0v) is 13.1. The third kappa shape index (κ3) is 3.63. The van der Waals surface area contributed by atoms with Crippen LogP contribution in [-0.4, -0.2) is 37.8 Å². The monoisotopic (exact) mass is 333 g/mol. The number of hydrogen-bond acceptors (Lipinski definition) is 4. The molecule has 1 aliphatic rings. The van der Waals surface area contributed by atoms with Gasteiger partial charge in [-0.3, -0.25) is 4.79 Å². The van der Waals surface area contributed by atoms with E-state index in [2.05, 4.69) is 10.3 Å². The lowest BCUT2D eigenvalue weighted by atomic mass is 10.1. The van der Waals surface area contributed by atoms with E-state index in [1.54, 1.807) is 12.5 Å². The minimum absolute atomic E-state index is 0.146. The van der Waals surface area contributed by atoms with E-state index in [-0.39, 0.29) is 23.1 Å². The van der Waals surface area contributed by atoms with Gasteiger partial charge in [0.2, 0.25) is 0 Å². The van der Waals surface area contributed by atoms with Crippen molar-refractivity contribution in [3.8, 4) is 0 Å². The zero-order valence-electron chi connectivity index (χ0n) is 13.1. The Labute approximate surface area is 139 Å². The Balaban J connectivity index is 1.61. The van der Waals surface area contributed by atoms with Gasteiger partial charge in [-0.1, -0.05) is 6.07 Å². The van der Waals surface area contributed by atoms with E-state index in [0.717, 1.165) is 12.6 Å². The number of imidazole rings is 1. The molecule has 3 atom stereocenters. The predicted octanol–water partition coefficient (Wildman–Crippen LogP) is 1.08. The number of nitrogens with zero attached hydrogens (tertiary/aromatic N) is 2. The maximum Gasteiger partial charge on any atom is 0.251 e. The highest BCUT2D eigenvalue weighted by Crippen LogP contribution is 2.28. The number of aromatic nitrogens is 2. The number of amides is 1. The summed E-state index contributed by atoms with van der Waals surface area (Å²) in [5.74, 6) is -0.797. The Bertz CT molecular complexity index is 705. The number of aliphatic hydroxyl groups is 2. The first kappa shape index (κ1) is 16.6. The van der Waals surface area contributed by atoms with E-state index in [4.69, 9.17) is 5.11 Å². The van der Waals surface area contributed by atoms with Gasteiger partial charge >= 0.3 is 0 Å². The largest absolute Gasteiger partial charge is 0.392 e. The molecule has 6 nitrogen and oxygen atoms in total. The molecule has 0 radical (unpaired) electrons. The molecule has 3 N–H and O–H groups in total. The number of carbonyl (C=O) groups excluding carboxylic acids is 1. The first-order valence-corrected chi connectivity index (χ1v) is 7.90. The van der Waals surface area contributed by atoms with Gasteiger partial charge in [0, 0.05) is 30.1 Å². The van der Waals surface area contributed by atoms with Crippen molar-refractivity contribution in [1.29, 1.82) is 0 Å². The van der Waals surface area contributed by atoms with Crippen molar-refractivity contribution < 1.29 is 19.4 Å². The lowest BCUT2D eigenvalue weighted by molar-refractivity contribution is 0.0872. The first-order valence-electron chi connectivity index (χ1n) is 7.90. The minimum Gasteiger partial charge on any atom is -0.392 e. The molecule has 7 heteroatoms. The van der Waals surface area contributed by atoms with Crippen molar-refractivity contribution in [3.05, 3.63) is 53.9 Å². The van der Waals surface area contributed by atoms with Crippen molar-refractivity contribution in [2.24, 2.45) is 5.92 Å². The summed E-state index contributed by atoms with van der Waals surface area (Å²) in [6.45, 7) is 0.328. The number of hydrogen-bond donors (Lipinski definition) is 3. The van der Waals surface area contributed by atoms with Crippen molar-refractivity contribution in [3.63, 3.8) is 0 Å². The van der Waals surface area contributed by atoms with Gasteiger partial charge in [-0.05, 0) is 30.9 Å². The first-order chi connectivity index (χ1) is 11.6. The fraction of sp³-hybridized carbons (Fsp3) is 0.412. The average molecular weight is 333 g/mol. The zero-order chi connectivity index (χ0) is 17.1. The number of aliphatic hydroxyl groups excluding tert-OH is 2. The summed E-state index contributed by atoms with van der Waals surface area (Å²) in [5, 5.41) is 21.9. The summed E-state index contributed by atoms with van der Waals surface area (Å²) in [7, 11) is 0. The molecule has 24 heavy (non-hydrogen) atoms. The van der Waals surface area contributed by atoms with Crippen LogP contribution in [0.2, 0.25) is 0 Å². The van der Waals surface area contributed by atoms with Crippen molar-refractivity contribution in [1.82, 2.24) is 14.9 Å². The molecule has 1 heterocycles. The van der Waals surface area contributed by atoms with Crippen LogP contribution < -0.4 is 5.32 Å². The number of halogens is 1. The molecule has 3 rings (SSSR count). The van der Waals surface area contributed by atoms with Gasteiger partial charge in [0.05, 0.1) is 25.1 Å². The molecule has 0 saturated heterocycles. The van der Waals surface area contributed by atoms with Crippen LogP contribution in [0.4, 0.5) is 4.39 Å². The van der Waals surface area contributed by atoms with Crippen LogP contribution in [0.15, 0.2) is 36.9 Å². The lowest BCUT2D eigenvalue weighted by Gasteiger charge is -2.16. The fourth-order valence-corrected chi connectivity index (χ4v) is 3.18. The standard InChI is InChI=1S/C17H20FN3O3/c18-14-7-12(1-2-13(14)9-22)17(24)20-15-5-11(6-16(15)23)8-21-4-3-19-10-21/h1-4,7,10-11,15-16,22-23H,5-6,8-9H2,(H,20,24)/t11?,15-,16-/m1/s1. The van der Waals surface area contributed by atoms with E-state index < -0.39 is 24.4 Å². The summed E-state index contributed by atoms with van der Waals surface area (Å²) in [6.07, 6.45) is 5.93. The lowest BCUT2D eigenvalue weighted by Crippen LogP contribution is -2.40. The van der Waals surface area contributed by atoms with Gasteiger partial charge in [-0.15, -0.1) is 0 Å². The minimum atomic E-state index is -0.621. The van der Waals surface area contributed by atoms with Gasteiger partial charge in [0.25, 0.3) is 5.91 Å². The highest BCUT2D eigenvalue weighted by Gasteiger charge is 2.34. The summed E-state index contributed by atoms with van der Waals surface area (Å²) in [6, 6.07) is 3.60. The molecule has 2 aromatic rings. The van der Waals surface area contributed by atoms with Gasteiger partial charge < -0.3 is 20.1 Å². The molecule has 1 fully saturated rings. The Morgan fingerprint density at radius 3 is 2.92 bits per heavy atom. The van der Waals surface area contributed by atoms with Crippen LogP contribution in [0.1, 0.15) is 28.8 Å². The van der Waals surface area contributed by atoms with Gasteiger partial charge in [0.1, 0.15) is 5.82 Å². The predicted molar refractivity (Wildman–Crippen MR) is 84.5 cm³/mol. The molecule has 0 aliphatic heterocycles. The van der Waals surface area contributed by atoms with Crippen LogP contribution >= 0.6 is 0 Å². The molecule has 128 valence electrons. The Kier molecular flexibility index (Phi) is 4.92. The SMILES string of the molecule is O=C(N[C@@H]1CC(Cn2ccnc2)C[C@H]1O)c1ccc(CO)c(F)c1. The third-order valence-corrected chi connectivity index (χ3v) is 4.46. The summed E-state index contributed by atoms with van der Waals surface area (Å²) >= 11 is 0. The van der Waals surface area contributed by atoms with Crippen LogP contribution in [0.3, 0.4) is 0 Å². The van der Waals surface area contributed by atoms with Gasteiger partial charge in [-0.2, -0.15) is 0 Å². The van der Waals surface area contributed by atoms with E-state index >= 15 is 0 Å². The van der Waals surface area contributed by atoms with E-state index in [0.29, 0.717) is 12.8 Å². The molecule has 1 amide bonds. The smallest absolute Gasteiger partial charge is 0.251 e. The van der Waals surface area contributed by atoms with Crippen molar-refractivity contribution in [2.75, 3.05) is 0 Å². The Morgan fingerprint density at radius 1 is 1.42 bits per heavy atom. The number of carbonyl (C=O) groups is 1. The molecule has 0 spiro atoms. The molecule has 0 bridgehead atoms. The van der Waals surface area contributed by atoms with Crippen LogP contribution in [0, 0.1) is 11.7 Å². The molecule has 1 aliphatic carbocycles. The van der Waals surface area contributed by atoms with Crippen molar-refractivity contribution in [2.45, 2.75) is 38.1 Å². The van der Waals surface area contributed by atoms with Gasteiger partial charge in [-0.25, -0.2) is 9.37 Å². The quantitative estimate of drug-likeness (QED) is 0.764. The van der Waals surface area contributed by atoms with E-state index in [9.17, 15) is 14.3 Å². The van der Waals surface area contributed by atoms with Gasteiger partial charge in [0.15, 0.2) is 0 Å². The van der Waals surface area contributed by atoms with Crippen LogP contribution in [-0.2, 0) is 13.2 Å². The maximum atomic E-state index is 13.7. The molecule has 1 aromatic carbocycles. The highest BCUT2D eigenvalue weighted by molar-refractivity contribution is 5.94. The fourth-order valence-electron chi connectivity index (χ4n) is 3.18. The summed E-state index contributed by atoms with van der Waals surface area (Å²) in [4.78, 5) is 16.2. The second kappa shape index (κ2) is 7.11. The molecular formula is C17H20FN3O3. The molecule has 1 saturated carbocycles.